The zero-order valence-corrected chi connectivity index (χ0v) is 14.9. The fourth-order valence-electron chi connectivity index (χ4n) is 3.57. The predicted molar refractivity (Wildman–Crippen MR) is 94.1 cm³/mol. The molecule has 2 fully saturated rings. The Morgan fingerprint density at radius 1 is 1.08 bits per heavy atom. The van der Waals surface area contributed by atoms with Crippen molar-refractivity contribution in [2.24, 2.45) is 0 Å². The largest absolute Gasteiger partial charge is 0.392 e. The Balaban J connectivity index is 1.80. The number of rotatable bonds is 4. The van der Waals surface area contributed by atoms with Gasteiger partial charge in [0.2, 0.25) is 0 Å². The fraction of sp³-hybridized carbons (Fsp3) is 0.778. The minimum atomic E-state index is -0.267. The third kappa shape index (κ3) is 4.43. The molecule has 0 aromatic carbocycles. The summed E-state index contributed by atoms with van der Waals surface area (Å²) in [5.41, 5.74) is 1.05. The Kier molecular flexibility index (Phi) is 5.69. The van der Waals surface area contributed by atoms with E-state index in [1.165, 1.54) is 0 Å². The van der Waals surface area contributed by atoms with Gasteiger partial charge in [-0.05, 0) is 38.1 Å². The molecule has 2 saturated heterocycles. The molecular formula is C18H30N4O2. The highest BCUT2D eigenvalue weighted by molar-refractivity contribution is 5.41. The van der Waals surface area contributed by atoms with Crippen LogP contribution in [0.3, 0.4) is 0 Å². The highest BCUT2D eigenvalue weighted by atomic mass is 16.3. The normalized spacial score (nSPS) is 26.1. The molecule has 2 N–H and O–H groups in total. The SMILES string of the molecule is CC(C)c1cc(N2CCC[C@H](O)C2)nc(CN2CCC[C@@H](O)C2)n1. The number of hydrogen-bond acceptors (Lipinski definition) is 6. The van der Waals surface area contributed by atoms with E-state index in [1.54, 1.807) is 0 Å². The van der Waals surface area contributed by atoms with E-state index in [9.17, 15) is 10.2 Å². The number of β-amino-alcohol motifs (C(OH)–C–C–N with tert-alkyl or cyclic N) is 2. The van der Waals surface area contributed by atoms with Gasteiger partial charge in [0.25, 0.3) is 0 Å². The van der Waals surface area contributed by atoms with Crippen LogP contribution in [0.2, 0.25) is 0 Å². The van der Waals surface area contributed by atoms with Gasteiger partial charge in [0, 0.05) is 31.4 Å². The lowest BCUT2D eigenvalue weighted by molar-refractivity contribution is 0.0654. The first-order valence-electron chi connectivity index (χ1n) is 9.22. The summed E-state index contributed by atoms with van der Waals surface area (Å²) in [6, 6.07) is 2.07. The molecule has 0 unspecified atom stereocenters. The molecule has 0 bridgehead atoms. The van der Waals surface area contributed by atoms with Gasteiger partial charge in [-0.1, -0.05) is 13.8 Å². The third-order valence-corrected chi connectivity index (χ3v) is 4.94. The number of nitrogens with zero attached hydrogens (tertiary/aromatic N) is 4. The molecule has 2 aliphatic rings. The Hall–Kier alpha value is -1.24. The van der Waals surface area contributed by atoms with E-state index in [2.05, 4.69) is 29.7 Å². The van der Waals surface area contributed by atoms with E-state index < -0.39 is 0 Å². The Morgan fingerprint density at radius 2 is 1.79 bits per heavy atom. The Morgan fingerprint density at radius 3 is 2.46 bits per heavy atom. The van der Waals surface area contributed by atoms with Gasteiger partial charge >= 0.3 is 0 Å². The van der Waals surface area contributed by atoms with Crippen molar-refractivity contribution in [3.63, 3.8) is 0 Å². The Bertz CT molecular complexity index is 552. The number of aromatic nitrogens is 2. The summed E-state index contributed by atoms with van der Waals surface area (Å²) in [6.07, 6.45) is 3.28. The monoisotopic (exact) mass is 334 g/mol. The van der Waals surface area contributed by atoms with Crippen LogP contribution in [0.25, 0.3) is 0 Å². The number of hydrogen-bond donors (Lipinski definition) is 2. The van der Waals surface area contributed by atoms with Gasteiger partial charge < -0.3 is 15.1 Å². The van der Waals surface area contributed by atoms with Gasteiger partial charge in [-0.3, -0.25) is 4.90 Å². The van der Waals surface area contributed by atoms with Gasteiger partial charge in [-0.15, -0.1) is 0 Å². The van der Waals surface area contributed by atoms with Crippen molar-refractivity contribution in [3.8, 4) is 0 Å². The van der Waals surface area contributed by atoms with Crippen LogP contribution in [0.5, 0.6) is 0 Å². The molecule has 0 aliphatic carbocycles. The summed E-state index contributed by atoms with van der Waals surface area (Å²) in [5.74, 6) is 2.09. The van der Waals surface area contributed by atoms with Crippen LogP contribution in [-0.4, -0.2) is 63.5 Å². The minimum absolute atomic E-state index is 0.233. The second-order valence-corrected chi connectivity index (χ2v) is 7.50. The van der Waals surface area contributed by atoms with Crippen molar-refractivity contribution in [1.29, 1.82) is 0 Å². The van der Waals surface area contributed by atoms with Crippen LogP contribution in [0.4, 0.5) is 5.82 Å². The van der Waals surface area contributed by atoms with E-state index in [0.717, 1.165) is 56.1 Å². The van der Waals surface area contributed by atoms with Crippen LogP contribution in [0.15, 0.2) is 6.07 Å². The minimum Gasteiger partial charge on any atom is -0.392 e. The number of likely N-dealkylation sites (tertiary alicyclic amines) is 1. The summed E-state index contributed by atoms with van der Waals surface area (Å²) in [4.78, 5) is 13.9. The van der Waals surface area contributed by atoms with E-state index >= 15 is 0 Å². The maximum Gasteiger partial charge on any atom is 0.144 e. The molecule has 0 saturated carbocycles. The molecule has 24 heavy (non-hydrogen) atoms. The van der Waals surface area contributed by atoms with Crippen LogP contribution in [-0.2, 0) is 6.54 Å². The van der Waals surface area contributed by atoms with E-state index in [0.29, 0.717) is 25.6 Å². The summed E-state index contributed by atoms with van der Waals surface area (Å²) < 4.78 is 0. The first-order chi connectivity index (χ1) is 11.5. The van der Waals surface area contributed by atoms with Crippen LogP contribution in [0, 0.1) is 0 Å². The van der Waals surface area contributed by atoms with Crippen molar-refractivity contribution in [2.75, 3.05) is 31.1 Å². The molecule has 2 aliphatic heterocycles. The molecule has 6 heteroatoms. The maximum atomic E-state index is 9.96. The number of anilines is 1. The zero-order valence-electron chi connectivity index (χ0n) is 14.9. The molecule has 1 aromatic rings. The van der Waals surface area contributed by atoms with Crippen LogP contribution < -0.4 is 4.90 Å². The molecule has 3 rings (SSSR count). The maximum absolute atomic E-state index is 9.96. The molecular weight excluding hydrogens is 304 g/mol. The fourth-order valence-corrected chi connectivity index (χ4v) is 3.57. The average Bonchev–Trinajstić information content (AvgIpc) is 2.54. The van der Waals surface area contributed by atoms with E-state index in [-0.39, 0.29) is 12.2 Å². The number of aliphatic hydroxyl groups is 2. The van der Waals surface area contributed by atoms with Crippen LogP contribution in [0.1, 0.15) is 57.0 Å². The van der Waals surface area contributed by atoms with Gasteiger partial charge in [0.15, 0.2) is 0 Å². The average molecular weight is 334 g/mol. The molecule has 1 aromatic heterocycles. The van der Waals surface area contributed by atoms with E-state index in [1.807, 2.05) is 0 Å². The lowest BCUT2D eigenvalue weighted by Gasteiger charge is -2.32. The van der Waals surface area contributed by atoms with Crippen molar-refractivity contribution < 1.29 is 10.2 Å². The zero-order chi connectivity index (χ0) is 17.1. The molecule has 2 atom stereocenters. The highest BCUT2D eigenvalue weighted by Crippen LogP contribution is 2.23. The third-order valence-electron chi connectivity index (χ3n) is 4.94. The van der Waals surface area contributed by atoms with Gasteiger partial charge in [-0.25, -0.2) is 9.97 Å². The molecule has 0 radical (unpaired) electrons. The smallest absolute Gasteiger partial charge is 0.144 e. The van der Waals surface area contributed by atoms with Crippen molar-refractivity contribution in [2.45, 2.75) is 64.2 Å². The molecule has 134 valence electrons. The lowest BCUT2D eigenvalue weighted by atomic mass is 10.1. The summed E-state index contributed by atoms with van der Waals surface area (Å²) in [6.45, 7) is 8.25. The van der Waals surface area contributed by atoms with E-state index in [4.69, 9.17) is 9.97 Å². The lowest BCUT2D eigenvalue weighted by Crippen LogP contribution is -2.40. The quantitative estimate of drug-likeness (QED) is 0.870. The second-order valence-electron chi connectivity index (χ2n) is 7.50. The first kappa shape index (κ1) is 17.6. The van der Waals surface area contributed by atoms with Crippen molar-refractivity contribution >= 4 is 5.82 Å². The molecule has 6 nitrogen and oxygen atoms in total. The summed E-state index contributed by atoms with van der Waals surface area (Å²) in [5, 5.41) is 19.8. The molecule has 0 spiro atoms. The standard InChI is InChI=1S/C18H30N4O2/c1-13(2)16-9-18(22-8-4-6-15(24)11-22)20-17(19-16)12-21-7-3-5-14(23)10-21/h9,13-15,23-24H,3-8,10-12H2,1-2H3/t14-,15+/m1/s1. The van der Waals surface area contributed by atoms with Crippen molar-refractivity contribution in [1.82, 2.24) is 14.9 Å². The summed E-state index contributed by atoms with van der Waals surface area (Å²) in [7, 11) is 0. The van der Waals surface area contributed by atoms with Gasteiger partial charge in [0.1, 0.15) is 11.6 Å². The predicted octanol–water partition coefficient (Wildman–Crippen LogP) is 1.52. The second kappa shape index (κ2) is 7.76. The number of aliphatic hydroxyl groups excluding tert-OH is 2. The highest BCUT2D eigenvalue weighted by Gasteiger charge is 2.22. The number of piperidine rings is 2. The van der Waals surface area contributed by atoms with Crippen molar-refractivity contribution in [3.05, 3.63) is 17.6 Å². The first-order valence-corrected chi connectivity index (χ1v) is 9.22. The van der Waals surface area contributed by atoms with Crippen LogP contribution >= 0.6 is 0 Å². The Labute approximate surface area is 144 Å². The summed E-state index contributed by atoms with van der Waals surface area (Å²) >= 11 is 0. The van der Waals surface area contributed by atoms with Gasteiger partial charge in [-0.2, -0.15) is 0 Å². The molecule has 3 heterocycles. The van der Waals surface area contributed by atoms with Gasteiger partial charge in [0.05, 0.1) is 18.8 Å². The topological polar surface area (TPSA) is 72.7 Å². The molecule has 0 amide bonds.